The number of carbonyl (C=O) groups excluding carboxylic acids is 4. The highest BCUT2D eigenvalue weighted by atomic mass is 16.6. The van der Waals surface area contributed by atoms with Crippen molar-refractivity contribution in [3.05, 3.63) is 29.3 Å². The maximum atomic E-state index is 12.9. The van der Waals surface area contributed by atoms with Crippen molar-refractivity contribution in [2.75, 3.05) is 11.5 Å². The molecule has 3 rings (SSSR count). The summed E-state index contributed by atoms with van der Waals surface area (Å²) in [5.41, 5.74) is 2.55. The number of aryl methyl sites for hydroxylation is 2. The molecule has 2 aliphatic heterocycles. The molecule has 2 aliphatic rings. The van der Waals surface area contributed by atoms with Crippen molar-refractivity contribution in [1.82, 2.24) is 5.32 Å². The van der Waals surface area contributed by atoms with E-state index in [-0.39, 0.29) is 12.6 Å². The van der Waals surface area contributed by atoms with Gasteiger partial charge in [-0.15, -0.1) is 0 Å². The fraction of sp³-hybridized carbons (Fsp3) is 0.545. The van der Waals surface area contributed by atoms with Crippen molar-refractivity contribution in [3.63, 3.8) is 0 Å². The van der Waals surface area contributed by atoms with Crippen molar-refractivity contribution in [2.45, 2.75) is 71.6 Å². The fourth-order valence-electron chi connectivity index (χ4n) is 4.21. The minimum Gasteiger partial charge on any atom is -0.462 e. The van der Waals surface area contributed by atoms with Gasteiger partial charge in [0.25, 0.3) is 0 Å². The number of urea groups is 1. The van der Waals surface area contributed by atoms with Gasteiger partial charge >= 0.3 is 23.9 Å². The lowest BCUT2D eigenvalue weighted by atomic mass is 10.0. The van der Waals surface area contributed by atoms with Gasteiger partial charge in [0.05, 0.1) is 5.69 Å². The molecule has 0 aliphatic carbocycles. The number of fused-ring (bicyclic) bond motifs is 1. The first kappa shape index (κ1) is 23.5. The summed E-state index contributed by atoms with van der Waals surface area (Å²) in [5, 5.41) is 2.84. The highest BCUT2D eigenvalue weighted by Crippen LogP contribution is 2.38. The number of hydrogen-bond acceptors (Lipinski definition) is 8. The van der Waals surface area contributed by atoms with Crippen LogP contribution in [0.3, 0.4) is 0 Å². The van der Waals surface area contributed by atoms with Crippen LogP contribution in [0.5, 0.6) is 0 Å². The Hall–Kier alpha value is -3.14. The Morgan fingerprint density at radius 1 is 1.16 bits per heavy atom. The minimum atomic E-state index is -1.03. The molecule has 0 unspecified atom stereocenters. The lowest BCUT2D eigenvalue weighted by Gasteiger charge is -2.29. The Morgan fingerprint density at radius 2 is 1.88 bits per heavy atom. The molecule has 0 aromatic heterocycles. The quantitative estimate of drug-likeness (QED) is 0.493. The second-order valence-corrected chi connectivity index (χ2v) is 7.80. The summed E-state index contributed by atoms with van der Waals surface area (Å²) in [4.78, 5) is 49.3. The molecular weight excluding hydrogens is 420 g/mol. The summed E-state index contributed by atoms with van der Waals surface area (Å²) >= 11 is 0. The third-order valence-electron chi connectivity index (χ3n) is 5.42. The van der Waals surface area contributed by atoms with E-state index in [0.29, 0.717) is 12.1 Å². The van der Waals surface area contributed by atoms with Gasteiger partial charge in [-0.1, -0.05) is 25.1 Å². The summed E-state index contributed by atoms with van der Waals surface area (Å²) in [6.07, 6.45) is -3.08. The van der Waals surface area contributed by atoms with Gasteiger partial charge in [0.1, 0.15) is 18.8 Å². The van der Waals surface area contributed by atoms with Crippen LogP contribution in [0.4, 0.5) is 10.5 Å². The first-order chi connectivity index (χ1) is 15.1. The Morgan fingerprint density at radius 3 is 2.47 bits per heavy atom. The van der Waals surface area contributed by atoms with Crippen LogP contribution in [0.25, 0.3) is 0 Å². The molecule has 0 spiro atoms. The molecule has 174 valence electrons. The van der Waals surface area contributed by atoms with Gasteiger partial charge in [0.15, 0.2) is 18.4 Å². The van der Waals surface area contributed by atoms with Crippen LogP contribution in [-0.2, 0) is 39.8 Å². The Labute approximate surface area is 186 Å². The van der Waals surface area contributed by atoms with Gasteiger partial charge in [0.2, 0.25) is 0 Å². The second kappa shape index (κ2) is 9.56. The van der Waals surface area contributed by atoms with E-state index < -0.39 is 48.5 Å². The maximum absolute atomic E-state index is 12.9. The molecule has 1 N–H and O–H groups in total. The number of nitrogens with one attached hydrogen (secondary N) is 1. The minimum absolute atomic E-state index is 0.282. The van der Waals surface area contributed by atoms with Crippen LogP contribution in [0.2, 0.25) is 0 Å². The predicted molar refractivity (Wildman–Crippen MR) is 112 cm³/mol. The predicted octanol–water partition coefficient (Wildman–Crippen LogP) is 1.61. The molecule has 0 radical (unpaired) electrons. The van der Waals surface area contributed by atoms with E-state index in [4.69, 9.17) is 18.9 Å². The first-order valence-corrected chi connectivity index (χ1v) is 10.5. The highest BCUT2D eigenvalue weighted by Gasteiger charge is 2.58. The fourth-order valence-corrected chi connectivity index (χ4v) is 4.21. The molecule has 0 bridgehead atoms. The number of amides is 2. The normalized spacial score (nSPS) is 25.0. The van der Waals surface area contributed by atoms with Gasteiger partial charge in [0, 0.05) is 20.8 Å². The SMILES string of the molecule is CCc1cccc(C)c1N1C(=O)N[C@@H]2[C@@H](OC(C)=O)[C@@H]([C@@H](COC(C)=O)OC(C)=O)O[C@@H]21. The van der Waals surface area contributed by atoms with E-state index in [1.54, 1.807) is 0 Å². The Bertz CT molecular complexity index is 917. The third kappa shape index (κ3) is 4.69. The monoisotopic (exact) mass is 448 g/mol. The molecular formula is C22H28N2O8. The number of nitrogens with zero attached hydrogens (tertiary/aromatic N) is 1. The molecule has 2 saturated heterocycles. The molecule has 5 atom stereocenters. The van der Waals surface area contributed by atoms with E-state index >= 15 is 0 Å². The average molecular weight is 448 g/mol. The van der Waals surface area contributed by atoms with Crippen LogP contribution >= 0.6 is 0 Å². The molecule has 1 aromatic carbocycles. The van der Waals surface area contributed by atoms with Crippen molar-refractivity contribution in [2.24, 2.45) is 0 Å². The van der Waals surface area contributed by atoms with E-state index in [2.05, 4.69) is 5.32 Å². The summed E-state index contributed by atoms with van der Waals surface area (Å²) in [6, 6.07) is 4.65. The standard InChI is InChI=1S/C22H28N2O8/c1-6-15-9-7-8-11(2)18(15)24-21-17(23-22(24)28)20(31-14(5)27)19(32-21)16(30-13(4)26)10-29-12(3)25/h7-9,16-17,19-21H,6,10H2,1-5H3,(H,23,28)/t16-,17-,19-,20-,21+/m1/s1. The van der Waals surface area contributed by atoms with Crippen LogP contribution < -0.4 is 10.2 Å². The zero-order valence-corrected chi connectivity index (χ0v) is 18.7. The van der Waals surface area contributed by atoms with E-state index in [1.807, 2.05) is 32.0 Å². The maximum Gasteiger partial charge on any atom is 0.324 e. The first-order valence-electron chi connectivity index (χ1n) is 10.5. The van der Waals surface area contributed by atoms with E-state index in [9.17, 15) is 19.2 Å². The van der Waals surface area contributed by atoms with Gasteiger partial charge in [-0.3, -0.25) is 19.3 Å². The smallest absolute Gasteiger partial charge is 0.324 e. The zero-order valence-electron chi connectivity index (χ0n) is 18.7. The molecule has 0 saturated carbocycles. The molecule has 10 heteroatoms. The van der Waals surface area contributed by atoms with Crippen molar-refractivity contribution in [1.29, 1.82) is 0 Å². The molecule has 2 amide bonds. The molecule has 1 aromatic rings. The van der Waals surface area contributed by atoms with Gasteiger partial charge in [-0.2, -0.15) is 0 Å². The Balaban J connectivity index is 1.99. The zero-order chi connectivity index (χ0) is 23.6. The highest BCUT2D eigenvalue weighted by molar-refractivity contribution is 5.97. The summed E-state index contributed by atoms with van der Waals surface area (Å²) in [5.74, 6) is -1.76. The largest absolute Gasteiger partial charge is 0.462 e. The number of benzene rings is 1. The molecule has 2 fully saturated rings. The Kier molecular flexibility index (Phi) is 7.02. The van der Waals surface area contributed by atoms with Crippen LogP contribution in [0, 0.1) is 6.92 Å². The number of hydrogen-bond donors (Lipinski definition) is 1. The summed E-state index contributed by atoms with van der Waals surface area (Å²) in [6.45, 7) is 7.28. The third-order valence-corrected chi connectivity index (χ3v) is 5.42. The molecule has 32 heavy (non-hydrogen) atoms. The van der Waals surface area contributed by atoms with Gasteiger partial charge in [-0.25, -0.2) is 4.79 Å². The number of rotatable bonds is 7. The second-order valence-electron chi connectivity index (χ2n) is 7.80. The number of para-hydroxylation sites is 1. The number of carbonyl (C=O) groups is 4. The van der Waals surface area contributed by atoms with E-state index in [0.717, 1.165) is 11.1 Å². The van der Waals surface area contributed by atoms with Gasteiger partial charge < -0.3 is 24.3 Å². The van der Waals surface area contributed by atoms with Crippen LogP contribution in [0.15, 0.2) is 18.2 Å². The van der Waals surface area contributed by atoms with Crippen molar-refractivity contribution >= 4 is 29.6 Å². The topological polar surface area (TPSA) is 120 Å². The molecule has 2 heterocycles. The summed E-state index contributed by atoms with van der Waals surface area (Å²) < 4.78 is 22.1. The summed E-state index contributed by atoms with van der Waals surface area (Å²) in [7, 11) is 0. The lowest BCUT2D eigenvalue weighted by Crippen LogP contribution is -2.49. The number of anilines is 1. The number of ether oxygens (including phenoxy) is 4. The van der Waals surface area contributed by atoms with Crippen molar-refractivity contribution < 1.29 is 38.1 Å². The van der Waals surface area contributed by atoms with Gasteiger partial charge in [-0.05, 0) is 24.5 Å². The van der Waals surface area contributed by atoms with Crippen molar-refractivity contribution in [3.8, 4) is 0 Å². The van der Waals surface area contributed by atoms with Crippen LogP contribution in [-0.4, -0.2) is 61.1 Å². The lowest BCUT2D eigenvalue weighted by molar-refractivity contribution is -0.174. The average Bonchev–Trinajstić information content (AvgIpc) is 3.19. The van der Waals surface area contributed by atoms with Crippen LogP contribution in [0.1, 0.15) is 38.8 Å². The molecule has 10 nitrogen and oxygen atoms in total. The van der Waals surface area contributed by atoms with E-state index in [1.165, 1.54) is 25.7 Å². The number of esters is 3.